The SMILES string of the molecule is COc1cc(C)c(Cl)cc1-c1cc(C#N)c(N)[nH]1. The zero-order valence-corrected chi connectivity index (χ0v) is 10.8. The van der Waals surface area contributed by atoms with Crippen LogP contribution in [0.5, 0.6) is 5.75 Å². The van der Waals surface area contributed by atoms with Gasteiger partial charge in [-0.3, -0.25) is 0 Å². The lowest BCUT2D eigenvalue weighted by Crippen LogP contribution is -1.91. The summed E-state index contributed by atoms with van der Waals surface area (Å²) in [6, 6.07) is 7.34. The summed E-state index contributed by atoms with van der Waals surface area (Å²) in [6.45, 7) is 1.90. The molecule has 0 saturated carbocycles. The Kier molecular flexibility index (Phi) is 3.17. The van der Waals surface area contributed by atoms with Gasteiger partial charge in [-0.2, -0.15) is 5.26 Å². The maximum Gasteiger partial charge on any atom is 0.128 e. The van der Waals surface area contributed by atoms with Crippen molar-refractivity contribution in [1.82, 2.24) is 4.98 Å². The minimum Gasteiger partial charge on any atom is -0.496 e. The van der Waals surface area contributed by atoms with E-state index in [1.165, 1.54) is 0 Å². The van der Waals surface area contributed by atoms with Crippen LogP contribution in [-0.2, 0) is 0 Å². The summed E-state index contributed by atoms with van der Waals surface area (Å²) in [6.07, 6.45) is 0. The van der Waals surface area contributed by atoms with Gasteiger partial charge >= 0.3 is 0 Å². The predicted octanol–water partition coefficient (Wildman–Crippen LogP) is 3.11. The Morgan fingerprint density at radius 1 is 1.39 bits per heavy atom. The molecule has 0 saturated heterocycles. The monoisotopic (exact) mass is 261 g/mol. The normalized spacial score (nSPS) is 10.1. The van der Waals surface area contributed by atoms with Gasteiger partial charge in [-0.1, -0.05) is 11.6 Å². The first-order valence-corrected chi connectivity index (χ1v) is 5.67. The summed E-state index contributed by atoms with van der Waals surface area (Å²) in [4.78, 5) is 2.95. The van der Waals surface area contributed by atoms with E-state index in [9.17, 15) is 0 Å². The average Bonchev–Trinajstić information content (AvgIpc) is 2.73. The molecule has 4 nitrogen and oxygen atoms in total. The molecule has 0 spiro atoms. The number of nitrogens with one attached hydrogen (secondary N) is 1. The highest BCUT2D eigenvalue weighted by Crippen LogP contribution is 2.35. The fourth-order valence-electron chi connectivity index (χ4n) is 1.74. The van der Waals surface area contributed by atoms with Crippen molar-refractivity contribution >= 4 is 17.4 Å². The number of hydrogen-bond donors (Lipinski definition) is 2. The fourth-order valence-corrected chi connectivity index (χ4v) is 1.91. The fraction of sp³-hybridized carbons (Fsp3) is 0.154. The summed E-state index contributed by atoms with van der Waals surface area (Å²) in [5.74, 6) is 1.02. The summed E-state index contributed by atoms with van der Waals surface area (Å²) in [5, 5.41) is 9.53. The predicted molar refractivity (Wildman–Crippen MR) is 71.7 cm³/mol. The van der Waals surface area contributed by atoms with Crippen molar-refractivity contribution in [1.29, 1.82) is 5.26 Å². The van der Waals surface area contributed by atoms with E-state index in [0.29, 0.717) is 27.8 Å². The van der Waals surface area contributed by atoms with Crippen LogP contribution in [0.2, 0.25) is 5.02 Å². The third-order valence-corrected chi connectivity index (χ3v) is 3.15. The molecule has 2 aromatic rings. The van der Waals surface area contributed by atoms with E-state index >= 15 is 0 Å². The number of benzene rings is 1. The number of nitrogen functional groups attached to an aromatic ring is 1. The second-order valence-electron chi connectivity index (χ2n) is 3.92. The number of halogens is 1. The summed E-state index contributed by atoms with van der Waals surface area (Å²) >= 11 is 6.11. The van der Waals surface area contributed by atoms with Gasteiger partial charge in [-0.05, 0) is 30.7 Å². The number of nitriles is 1. The van der Waals surface area contributed by atoms with E-state index in [2.05, 4.69) is 4.98 Å². The van der Waals surface area contributed by atoms with Gasteiger partial charge < -0.3 is 15.5 Å². The summed E-state index contributed by atoms with van der Waals surface area (Å²) in [7, 11) is 1.59. The Balaban J connectivity index is 2.63. The second kappa shape index (κ2) is 4.63. The van der Waals surface area contributed by atoms with Crippen molar-refractivity contribution in [2.24, 2.45) is 0 Å². The van der Waals surface area contributed by atoms with E-state index < -0.39 is 0 Å². The number of H-pyrrole nitrogens is 1. The third kappa shape index (κ3) is 2.01. The van der Waals surface area contributed by atoms with Crippen LogP contribution >= 0.6 is 11.6 Å². The van der Waals surface area contributed by atoms with Crippen molar-refractivity contribution in [2.45, 2.75) is 6.92 Å². The molecule has 0 bridgehead atoms. The van der Waals surface area contributed by atoms with Crippen LogP contribution in [0.4, 0.5) is 5.82 Å². The van der Waals surface area contributed by atoms with E-state index in [1.54, 1.807) is 19.2 Å². The molecule has 18 heavy (non-hydrogen) atoms. The van der Waals surface area contributed by atoms with Gasteiger partial charge in [-0.15, -0.1) is 0 Å². The van der Waals surface area contributed by atoms with Crippen LogP contribution in [0.15, 0.2) is 18.2 Å². The molecule has 0 unspecified atom stereocenters. The average molecular weight is 262 g/mol. The minimum atomic E-state index is 0.339. The Morgan fingerprint density at radius 3 is 2.67 bits per heavy atom. The second-order valence-corrected chi connectivity index (χ2v) is 4.33. The molecule has 1 aromatic heterocycles. The van der Waals surface area contributed by atoms with Crippen molar-refractivity contribution in [2.75, 3.05) is 12.8 Å². The van der Waals surface area contributed by atoms with Gasteiger partial charge in [0, 0.05) is 10.6 Å². The molecule has 92 valence electrons. The zero-order valence-electron chi connectivity index (χ0n) is 10.0. The number of nitrogens with zero attached hydrogens (tertiary/aromatic N) is 1. The first kappa shape index (κ1) is 12.3. The number of ether oxygens (including phenoxy) is 1. The smallest absolute Gasteiger partial charge is 0.128 e. The van der Waals surface area contributed by atoms with Crippen molar-refractivity contribution < 1.29 is 4.74 Å². The molecular formula is C13H12ClN3O. The van der Waals surface area contributed by atoms with E-state index in [-0.39, 0.29) is 0 Å². The maximum atomic E-state index is 8.90. The molecule has 2 rings (SSSR count). The lowest BCUT2D eigenvalue weighted by molar-refractivity contribution is 0.416. The molecule has 0 aliphatic rings. The van der Waals surface area contributed by atoms with Crippen molar-refractivity contribution in [3.63, 3.8) is 0 Å². The number of aryl methyl sites for hydroxylation is 1. The Labute approximate surface area is 110 Å². The van der Waals surface area contributed by atoms with Crippen LogP contribution in [0.1, 0.15) is 11.1 Å². The van der Waals surface area contributed by atoms with Gasteiger partial charge in [0.15, 0.2) is 0 Å². The van der Waals surface area contributed by atoms with Crippen LogP contribution in [0.25, 0.3) is 11.3 Å². The molecule has 0 atom stereocenters. The molecule has 3 N–H and O–H groups in total. The lowest BCUT2D eigenvalue weighted by atomic mass is 10.1. The number of methoxy groups -OCH3 is 1. The largest absolute Gasteiger partial charge is 0.496 e. The Hall–Kier alpha value is -2.12. The molecule has 1 heterocycles. The van der Waals surface area contributed by atoms with Crippen molar-refractivity contribution in [3.05, 3.63) is 34.3 Å². The standard InChI is InChI=1S/C13H12ClN3O/c1-7-3-12(18-2)9(5-10(7)14)11-4-8(6-15)13(16)17-11/h3-5,17H,16H2,1-2H3. The quantitative estimate of drug-likeness (QED) is 0.872. The highest BCUT2D eigenvalue weighted by Gasteiger charge is 2.13. The van der Waals surface area contributed by atoms with Crippen LogP contribution in [0, 0.1) is 18.3 Å². The molecule has 1 aromatic carbocycles. The zero-order chi connectivity index (χ0) is 13.3. The summed E-state index contributed by atoms with van der Waals surface area (Å²) < 4.78 is 5.32. The lowest BCUT2D eigenvalue weighted by Gasteiger charge is -2.09. The number of aromatic nitrogens is 1. The van der Waals surface area contributed by atoms with Gasteiger partial charge in [0.05, 0.1) is 18.4 Å². The number of rotatable bonds is 2. The van der Waals surface area contributed by atoms with E-state index in [4.69, 9.17) is 27.3 Å². The molecule has 0 aliphatic carbocycles. The van der Waals surface area contributed by atoms with Gasteiger partial charge in [0.1, 0.15) is 17.6 Å². The maximum absolute atomic E-state index is 8.90. The van der Waals surface area contributed by atoms with Crippen LogP contribution in [0.3, 0.4) is 0 Å². The Bertz CT molecular complexity index is 640. The third-order valence-electron chi connectivity index (χ3n) is 2.74. The van der Waals surface area contributed by atoms with Gasteiger partial charge in [0.25, 0.3) is 0 Å². The van der Waals surface area contributed by atoms with Crippen molar-refractivity contribution in [3.8, 4) is 23.1 Å². The number of anilines is 1. The first-order chi connectivity index (χ1) is 8.56. The minimum absolute atomic E-state index is 0.339. The molecule has 0 fully saturated rings. The Morgan fingerprint density at radius 2 is 2.11 bits per heavy atom. The molecular weight excluding hydrogens is 250 g/mol. The van der Waals surface area contributed by atoms with E-state index in [0.717, 1.165) is 11.1 Å². The van der Waals surface area contributed by atoms with Gasteiger partial charge in [0.2, 0.25) is 0 Å². The molecule has 0 amide bonds. The summed E-state index contributed by atoms with van der Waals surface area (Å²) in [5.41, 5.74) is 8.52. The highest BCUT2D eigenvalue weighted by molar-refractivity contribution is 6.31. The van der Waals surface area contributed by atoms with Crippen LogP contribution in [-0.4, -0.2) is 12.1 Å². The molecule has 5 heteroatoms. The number of hydrogen-bond acceptors (Lipinski definition) is 3. The number of nitrogens with two attached hydrogens (primary N) is 1. The molecule has 0 aliphatic heterocycles. The van der Waals surface area contributed by atoms with E-state index in [1.807, 2.05) is 19.1 Å². The molecule has 0 radical (unpaired) electrons. The number of aromatic amines is 1. The first-order valence-electron chi connectivity index (χ1n) is 5.30. The van der Waals surface area contributed by atoms with Crippen LogP contribution < -0.4 is 10.5 Å². The van der Waals surface area contributed by atoms with Gasteiger partial charge in [-0.25, -0.2) is 0 Å². The topological polar surface area (TPSA) is 74.8 Å². The highest BCUT2D eigenvalue weighted by atomic mass is 35.5.